The van der Waals surface area contributed by atoms with Crippen molar-refractivity contribution >= 4 is 0 Å². The highest BCUT2D eigenvalue weighted by atomic mass is 15.1. The first-order valence-electron chi connectivity index (χ1n) is 8.04. The first-order chi connectivity index (χ1) is 11.4. The lowest BCUT2D eigenvalue weighted by molar-refractivity contribution is 0.241. The molecule has 3 nitrogen and oxygen atoms in total. The fourth-order valence-corrected chi connectivity index (χ4v) is 3.23. The summed E-state index contributed by atoms with van der Waals surface area (Å²) >= 11 is 0. The number of hydrogen-bond donors (Lipinski definition) is 0. The second-order valence-electron chi connectivity index (χ2n) is 5.96. The Morgan fingerprint density at radius 1 is 0.870 bits per heavy atom. The van der Waals surface area contributed by atoms with Crippen LogP contribution < -0.4 is 0 Å². The molecule has 0 saturated carbocycles. The zero-order valence-corrected chi connectivity index (χ0v) is 13.0. The van der Waals surface area contributed by atoms with Gasteiger partial charge in [0.2, 0.25) is 0 Å². The molecule has 114 valence electrons. The van der Waals surface area contributed by atoms with Gasteiger partial charge in [-0.3, -0.25) is 4.90 Å². The Balaban J connectivity index is 1.59. The monoisotopic (exact) mass is 301 g/mol. The standard InChI is InChI=1S/C20H19N3/c1-3-7-16(8-4-1)13-23-12-11-18-19(14-23)21-15-22-20(18)17-9-5-2-6-10-17/h1-10,15H,11-14H2. The van der Waals surface area contributed by atoms with E-state index in [2.05, 4.69) is 69.5 Å². The van der Waals surface area contributed by atoms with Crippen LogP contribution in [0.15, 0.2) is 67.0 Å². The quantitative estimate of drug-likeness (QED) is 0.738. The van der Waals surface area contributed by atoms with Crippen LogP contribution in [0.4, 0.5) is 0 Å². The Morgan fingerprint density at radius 2 is 1.61 bits per heavy atom. The number of nitrogens with zero attached hydrogens (tertiary/aromatic N) is 3. The van der Waals surface area contributed by atoms with E-state index in [9.17, 15) is 0 Å². The molecule has 1 aliphatic heterocycles. The zero-order valence-electron chi connectivity index (χ0n) is 13.0. The lowest BCUT2D eigenvalue weighted by Crippen LogP contribution is -2.31. The molecule has 0 bridgehead atoms. The van der Waals surface area contributed by atoms with E-state index in [1.54, 1.807) is 6.33 Å². The van der Waals surface area contributed by atoms with Crippen LogP contribution in [0.3, 0.4) is 0 Å². The van der Waals surface area contributed by atoms with Crippen LogP contribution >= 0.6 is 0 Å². The molecule has 3 aromatic rings. The minimum atomic E-state index is 0.895. The van der Waals surface area contributed by atoms with Gasteiger partial charge in [0, 0.05) is 30.8 Å². The summed E-state index contributed by atoms with van der Waals surface area (Å²) in [6.07, 6.45) is 2.71. The lowest BCUT2D eigenvalue weighted by atomic mass is 9.98. The van der Waals surface area contributed by atoms with Gasteiger partial charge in [0.1, 0.15) is 6.33 Å². The number of aromatic nitrogens is 2. The summed E-state index contributed by atoms with van der Waals surface area (Å²) < 4.78 is 0. The molecule has 0 amide bonds. The summed E-state index contributed by atoms with van der Waals surface area (Å²) in [7, 11) is 0. The number of fused-ring (bicyclic) bond motifs is 1. The van der Waals surface area contributed by atoms with Crippen molar-refractivity contribution in [2.45, 2.75) is 19.5 Å². The molecule has 3 heteroatoms. The van der Waals surface area contributed by atoms with Crippen molar-refractivity contribution in [3.63, 3.8) is 0 Å². The van der Waals surface area contributed by atoms with E-state index in [-0.39, 0.29) is 0 Å². The highest BCUT2D eigenvalue weighted by Crippen LogP contribution is 2.27. The van der Waals surface area contributed by atoms with Crippen molar-refractivity contribution in [3.8, 4) is 11.3 Å². The van der Waals surface area contributed by atoms with Crippen molar-refractivity contribution in [3.05, 3.63) is 83.8 Å². The fourth-order valence-electron chi connectivity index (χ4n) is 3.23. The van der Waals surface area contributed by atoms with Crippen molar-refractivity contribution in [1.29, 1.82) is 0 Å². The van der Waals surface area contributed by atoms with Gasteiger partial charge in [-0.1, -0.05) is 60.7 Å². The summed E-state index contributed by atoms with van der Waals surface area (Å²) in [5.41, 5.74) is 6.11. The van der Waals surface area contributed by atoms with E-state index < -0.39 is 0 Å². The molecule has 23 heavy (non-hydrogen) atoms. The Kier molecular flexibility index (Phi) is 3.86. The van der Waals surface area contributed by atoms with Gasteiger partial charge in [0.05, 0.1) is 11.4 Å². The molecule has 2 heterocycles. The Morgan fingerprint density at radius 3 is 2.39 bits per heavy atom. The Labute approximate surface area is 136 Å². The largest absolute Gasteiger partial charge is 0.293 e. The molecule has 0 radical (unpaired) electrons. The molecular weight excluding hydrogens is 282 g/mol. The van der Waals surface area contributed by atoms with Crippen LogP contribution in [0.1, 0.15) is 16.8 Å². The van der Waals surface area contributed by atoms with Gasteiger partial charge in [-0.25, -0.2) is 9.97 Å². The minimum absolute atomic E-state index is 0.895. The topological polar surface area (TPSA) is 29.0 Å². The smallest absolute Gasteiger partial charge is 0.116 e. The van der Waals surface area contributed by atoms with E-state index >= 15 is 0 Å². The van der Waals surface area contributed by atoms with Gasteiger partial charge in [0.25, 0.3) is 0 Å². The molecule has 0 spiro atoms. The zero-order chi connectivity index (χ0) is 15.5. The van der Waals surface area contributed by atoms with Gasteiger partial charge in [-0.2, -0.15) is 0 Å². The third kappa shape index (κ3) is 3.01. The highest BCUT2D eigenvalue weighted by Gasteiger charge is 2.21. The van der Waals surface area contributed by atoms with Gasteiger partial charge in [0.15, 0.2) is 0 Å². The van der Waals surface area contributed by atoms with Crippen molar-refractivity contribution < 1.29 is 0 Å². The van der Waals surface area contributed by atoms with Crippen molar-refractivity contribution in [2.75, 3.05) is 6.54 Å². The third-order valence-electron chi connectivity index (χ3n) is 4.38. The Hall–Kier alpha value is -2.52. The molecule has 0 unspecified atom stereocenters. The number of rotatable bonds is 3. The van der Waals surface area contributed by atoms with Gasteiger partial charge >= 0.3 is 0 Å². The van der Waals surface area contributed by atoms with E-state index in [1.807, 2.05) is 6.07 Å². The summed E-state index contributed by atoms with van der Waals surface area (Å²) in [5.74, 6) is 0. The molecule has 4 rings (SSSR count). The lowest BCUT2D eigenvalue weighted by Gasteiger charge is -2.28. The average molecular weight is 301 g/mol. The molecule has 1 aromatic heterocycles. The fraction of sp³-hybridized carbons (Fsp3) is 0.200. The number of benzene rings is 2. The molecular formula is C20H19N3. The molecule has 1 aliphatic rings. The van der Waals surface area contributed by atoms with Crippen molar-refractivity contribution in [2.24, 2.45) is 0 Å². The van der Waals surface area contributed by atoms with Gasteiger partial charge < -0.3 is 0 Å². The summed E-state index contributed by atoms with van der Waals surface area (Å²) in [5, 5.41) is 0. The summed E-state index contributed by atoms with van der Waals surface area (Å²) in [4.78, 5) is 11.5. The molecule has 0 N–H and O–H groups in total. The van der Waals surface area contributed by atoms with Crippen molar-refractivity contribution in [1.82, 2.24) is 14.9 Å². The summed E-state index contributed by atoms with van der Waals surface area (Å²) in [6.45, 7) is 2.92. The predicted molar refractivity (Wildman–Crippen MR) is 91.7 cm³/mol. The molecule has 0 atom stereocenters. The third-order valence-corrected chi connectivity index (χ3v) is 4.38. The van der Waals surface area contributed by atoms with Crippen LogP contribution in [0, 0.1) is 0 Å². The summed E-state index contributed by atoms with van der Waals surface area (Å²) in [6, 6.07) is 21.1. The van der Waals surface area contributed by atoms with Crippen LogP contribution in [-0.2, 0) is 19.5 Å². The number of hydrogen-bond acceptors (Lipinski definition) is 3. The van der Waals surface area contributed by atoms with Gasteiger partial charge in [-0.05, 0) is 12.0 Å². The highest BCUT2D eigenvalue weighted by molar-refractivity contribution is 5.63. The molecule has 0 aliphatic carbocycles. The minimum Gasteiger partial charge on any atom is -0.293 e. The Bertz CT molecular complexity index is 784. The maximum absolute atomic E-state index is 4.54. The van der Waals surface area contributed by atoms with Crippen LogP contribution in [0.25, 0.3) is 11.3 Å². The van der Waals surface area contributed by atoms with Crippen LogP contribution in [-0.4, -0.2) is 21.4 Å². The molecule has 2 aromatic carbocycles. The van der Waals surface area contributed by atoms with E-state index in [0.29, 0.717) is 0 Å². The first kappa shape index (κ1) is 14.1. The van der Waals surface area contributed by atoms with Crippen LogP contribution in [0.5, 0.6) is 0 Å². The van der Waals surface area contributed by atoms with Gasteiger partial charge in [-0.15, -0.1) is 0 Å². The second kappa shape index (κ2) is 6.31. The van der Waals surface area contributed by atoms with E-state index in [0.717, 1.165) is 31.7 Å². The second-order valence-corrected chi connectivity index (χ2v) is 5.96. The maximum Gasteiger partial charge on any atom is 0.116 e. The van der Waals surface area contributed by atoms with Crippen LogP contribution in [0.2, 0.25) is 0 Å². The first-order valence-corrected chi connectivity index (χ1v) is 8.04. The maximum atomic E-state index is 4.54. The molecule has 0 fully saturated rings. The predicted octanol–water partition coefficient (Wildman–Crippen LogP) is 3.70. The van der Waals surface area contributed by atoms with E-state index in [1.165, 1.54) is 22.4 Å². The molecule has 0 saturated heterocycles. The average Bonchev–Trinajstić information content (AvgIpc) is 2.63. The normalized spacial score (nSPS) is 14.4. The SMILES string of the molecule is c1ccc(CN2CCc3c(ncnc3-c3ccccc3)C2)cc1. The van der Waals surface area contributed by atoms with E-state index in [4.69, 9.17) is 0 Å².